The summed E-state index contributed by atoms with van der Waals surface area (Å²) in [6.07, 6.45) is 7.67. The highest BCUT2D eigenvalue weighted by Gasteiger charge is 2.42. The SMILES string of the molecule is NC1(c2cn3cc(Br)ncc3n2)CC1. The van der Waals surface area contributed by atoms with Gasteiger partial charge in [-0.05, 0) is 28.8 Å². The molecule has 4 nitrogen and oxygen atoms in total. The van der Waals surface area contributed by atoms with Crippen molar-refractivity contribution < 1.29 is 0 Å². The van der Waals surface area contributed by atoms with E-state index in [-0.39, 0.29) is 5.54 Å². The van der Waals surface area contributed by atoms with E-state index in [4.69, 9.17) is 5.73 Å². The molecule has 0 bridgehead atoms. The zero-order chi connectivity index (χ0) is 9.76. The summed E-state index contributed by atoms with van der Waals surface area (Å²) < 4.78 is 2.75. The van der Waals surface area contributed by atoms with Crippen LogP contribution < -0.4 is 5.73 Å². The van der Waals surface area contributed by atoms with Crippen molar-refractivity contribution in [1.82, 2.24) is 14.4 Å². The number of fused-ring (bicyclic) bond motifs is 1. The first-order valence-corrected chi connectivity index (χ1v) is 5.26. The van der Waals surface area contributed by atoms with Gasteiger partial charge in [-0.3, -0.25) is 0 Å². The topological polar surface area (TPSA) is 56.2 Å². The fourth-order valence-corrected chi connectivity index (χ4v) is 1.83. The molecule has 2 aromatic rings. The van der Waals surface area contributed by atoms with E-state index in [0.717, 1.165) is 28.8 Å². The van der Waals surface area contributed by atoms with Crippen LogP contribution >= 0.6 is 15.9 Å². The highest BCUT2D eigenvalue weighted by molar-refractivity contribution is 9.10. The molecule has 0 atom stereocenters. The number of rotatable bonds is 1. The number of halogens is 1. The number of hydrogen-bond donors (Lipinski definition) is 1. The summed E-state index contributed by atoms with van der Waals surface area (Å²) in [7, 11) is 0. The average Bonchev–Trinajstić information content (AvgIpc) is 2.77. The van der Waals surface area contributed by atoms with Crippen molar-refractivity contribution in [2.75, 3.05) is 0 Å². The van der Waals surface area contributed by atoms with Gasteiger partial charge in [-0.25, -0.2) is 9.97 Å². The van der Waals surface area contributed by atoms with Gasteiger partial charge in [0.05, 0.1) is 17.4 Å². The minimum Gasteiger partial charge on any atom is -0.320 e. The van der Waals surface area contributed by atoms with Crippen molar-refractivity contribution in [3.8, 4) is 0 Å². The van der Waals surface area contributed by atoms with Gasteiger partial charge in [-0.2, -0.15) is 0 Å². The van der Waals surface area contributed by atoms with Crippen molar-refractivity contribution in [3.63, 3.8) is 0 Å². The fourth-order valence-electron chi connectivity index (χ4n) is 1.51. The molecule has 0 aromatic carbocycles. The van der Waals surface area contributed by atoms with Crippen molar-refractivity contribution in [1.29, 1.82) is 0 Å². The number of nitrogens with two attached hydrogens (primary N) is 1. The Balaban J connectivity index is 2.20. The Labute approximate surface area is 89.3 Å². The zero-order valence-corrected chi connectivity index (χ0v) is 9.03. The van der Waals surface area contributed by atoms with Crippen LogP contribution in [-0.4, -0.2) is 14.4 Å². The minimum atomic E-state index is -0.168. The van der Waals surface area contributed by atoms with Gasteiger partial charge < -0.3 is 10.1 Å². The number of aromatic nitrogens is 3. The Kier molecular flexibility index (Phi) is 1.52. The van der Waals surface area contributed by atoms with E-state index < -0.39 is 0 Å². The van der Waals surface area contributed by atoms with E-state index in [0.29, 0.717) is 0 Å². The molecule has 0 aliphatic heterocycles. The van der Waals surface area contributed by atoms with Crippen molar-refractivity contribution in [2.45, 2.75) is 18.4 Å². The van der Waals surface area contributed by atoms with E-state index in [1.165, 1.54) is 0 Å². The van der Waals surface area contributed by atoms with Crippen LogP contribution in [0.3, 0.4) is 0 Å². The Morgan fingerprint density at radius 1 is 1.43 bits per heavy atom. The summed E-state index contributed by atoms with van der Waals surface area (Å²) in [4.78, 5) is 8.56. The molecule has 3 rings (SSSR count). The predicted molar refractivity (Wildman–Crippen MR) is 55.8 cm³/mol. The Morgan fingerprint density at radius 2 is 2.21 bits per heavy atom. The normalized spacial score (nSPS) is 18.7. The lowest BCUT2D eigenvalue weighted by molar-refractivity contribution is 0.715. The molecule has 0 saturated heterocycles. The van der Waals surface area contributed by atoms with Gasteiger partial charge in [-0.15, -0.1) is 0 Å². The third kappa shape index (κ3) is 1.16. The summed E-state index contributed by atoms with van der Waals surface area (Å²) >= 11 is 3.32. The van der Waals surface area contributed by atoms with E-state index in [9.17, 15) is 0 Å². The molecule has 1 aliphatic carbocycles. The third-order valence-electron chi connectivity index (χ3n) is 2.61. The lowest BCUT2D eigenvalue weighted by Gasteiger charge is -2.00. The highest BCUT2D eigenvalue weighted by Crippen LogP contribution is 2.41. The van der Waals surface area contributed by atoms with Gasteiger partial charge in [0.1, 0.15) is 4.60 Å². The van der Waals surface area contributed by atoms with Gasteiger partial charge in [0.15, 0.2) is 5.65 Å². The standard InChI is InChI=1S/C9H9BrN4/c10-7-5-14-4-6(9(11)1-2-9)13-8(14)3-12-7/h3-5H,1-2,11H2. The van der Waals surface area contributed by atoms with Crippen LogP contribution in [0.1, 0.15) is 18.5 Å². The zero-order valence-electron chi connectivity index (χ0n) is 7.44. The molecule has 2 N–H and O–H groups in total. The summed E-state index contributed by atoms with van der Waals surface area (Å²) in [6.45, 7) is 0. The van der Waals surface area contributed by atoms with E-state index in [1.54, 1.807) is 6.20 Å². The molecule has 14 heavy (non-hydrogen) atoms. The van der Waals surface area contributed by atoms with Crippen LogP contribution in [-0.2, 0) is 5.54 Å². The lowest BCUT2D eigenvalue weighted by atomic mass is 10.2. The first kappa shape index (κ1) is 8.38. The summed E-state index contributed by atoms with van der Waals surface area (Å²) in [5.41, 5.74) is 7.71. The van der Waals surface area contributed by atoms with Gasteiger partial charge in [-0.1, -0.05) is 0 Å². The molecule has 5 heteroatoms. The first-order chi connectivity index (χ1) is 6.67. The molecule has 1 aliphatic rings. The van der Waals surface area contributed by atoms with Crippen molar-refractivity contribution in [3.05, 3.63) is 28.9 Å². The molecule has 0 spiro atoms. The van der Waals surface area contributed by atoms with E-state index in [2.05, 4.69) is 25.9 Å². The molecule has 72 valence electrons. The van der Waals surface area contributed by atoms with Crippen LogP contribution in [0, 0.1) is 0 Å². The molecule has 0 amide bonds. The maximum absolute atomic E-state index is 6.06. The first-order valence-electron chi connectivity index (χ1n) is 4.47. The molecular weight excluding hydrogens is 244 g/mol. The molecule has 0 radical (unpaired) electrons. The van der Waals surface area contributed by atoms with Crippen molar-refractivity contribution in [2.24, 2.45) is 5.73 Å². The number of imidazole rings is 1. The molecule has 1 fully saturated rings. The number of nitrogens with zero attached hydrogens (tertiary/aromatic N) is 3. The second kappa shape index (κ2) is 2.55. The van der Waals surface area contributed by atoms with Crippen LogP contribution in [0.15, 0.2) is 23.2 Å². The van der Waals surface area contributed by atoms with Gasteiger partial charge >= 0.3 is 0 Å². The highest BCUT2D eigenvalue weighted by atomic mass is 79.9. The fraction of sp³-hybridized carbons (Fsp3) is 0.333. The number of hydrogen-bond acceptors (Lipinski definition) is 3. The van der Waals surface area contributed by atoms with Crippen molar-refractivity contribution >= 4 is 21.6 Å². The Bertz CT molecular complexity index is 500. The second-order valence-electron chi connectivity index (χ2n) is 3.76. The van der Waals surface area contributed by atoms with Gasteiger partial charge in [0.25, 0.3) is 0 Å². The minimum absolute atomic E-state index is 0.168. The predicted octanol–water partition coefficient (Wildman–Crippen LogP) is 1.44. The largest absolute Gasteiger partial charge is 0.320 e. The Morgan fingerprint density at radius 3 is 2.93 bits per heavy atom. The molecule has 1 saturated carbocycles. The van der Waals surface area contributed by atoms with Crippen LogP contribution in [0.25, 0.3) is 5.65 Å². The smallest absolute Gasteiger partial charge is 0.155 e. The molecule has 2 aromatic heterocycles. The quantitative estimate of drug-likeness (QED) is 0.836. The van der Waals surface area contributed by atoms with E-state index in [1.807, 2.05) is 16.8 Å². The van der Waals surface area contributed by atoms with Crippen LogP contribution in [0.5, 0.6) is 0 Å². The molecule has 2 heterocycles. The summed E-state index contributed by atoms with van der Waals surface area (Å²) in [6, 6.07) is 0. The average molecular weight is 253 g/mol. The third-order valence-corrected chi connectivity index (χ3v) is 3.02. The maximum Gasteiger partial charge on any atom is 0.155 e. The van der Waals surface area contributed by atoms with Gasteiger partial charge in [0, 0.05) is 12.4 Å². The molecule has 0 unspecified atom stereocenters. The second-order valence-corrected chi connectivity index (χ2v) is 4.57. The molecular formula is C9H9BrN4. The van der Waals surface area contributed by atoms with Crippen LogP contribution in [0.4, 0.5) is 0 Å². The Hall–Kier alpha value is -0.940. The summed E-state index contributed by atoms with van der Waals surface area (Å²) in [5.74, 6) is 0. The summed E-state index contributed by atoms with van der Waals surface area (Å²) in [5, 5.41) is 0. The van der Waals surface area contributed by atoms with Crippen LogP contribution in [0.2, 0.25) is 0 Å². The van der Waals surface area contributed by atoms with Gasteiger partial charge in [0.2, 0.25) is 0 Å². The monoisotopic (exact) mass is 252 g/mol. The lowest BCUT2D eigenvalue weighted by Crippen LogP contribution is -2.18. The van der Waals surface area contributed by atoms with E-state index >= 15 is 0 Å². The maximum atomic E-state index is 6.06.